The second-order valence-electron chi connectivity index (χ2n) is 6.04. The van der Waals surface area contributed by atoms with E-state index in [0.717, 1.165) is 28.8 Å². The number of aryl methyl sites for hydroxylation is 1. The molecular weight excluding hydrogens is 344 g/mol. The van der Waals surface area contributed by atoms with Gasteiger partial charge in [0.1, 0.15) is 0 Å². The normalized spacial score (nSPS) is 20.4. The number of rotatable bonds is 4. The van der Waals surface area contributed by atoms with Gasteiger partial charge in [0, 0.05) is 19.0 Å². The molecule has 1 saturated carbocycles. The van der Waals surface area contributed by atoms with E-state index >= 15 is 0 Å². The van der Waals surface area contributed by atoms with E-state index in [-0.39, 0.29) is 21.7 Å². The molecule has 1 aromatic heterocycles. The molecule has 4 rings (SSSR count). The van der Waals surface area contributed by atoms with E-state index < -0.39 is 10.0 Å². The van der Waals surface area contributed by atoms with Gasteiger partial charge in [-0.15, -0.1) is 0 Å². The SMILES string of the molecule is Cn1c(=O)sc2cc(S(=O)(=O)N[C@@H]3C[C@H]3c3ccccc3)ccc21. The highest BCUT2D eigenvalue weighted by Crippen LogP contribution is 2.41. The van der Waals surface area contributed by atoms with E-state index in [4.69, 9.17) is 0 Å². The average Bonchev–Trinajstić information content (AvgIpc) is 3.26. The van der Waals surface area contributed by atoms with E-state index in [9.17, 15) is 13.2 Å². The first-order chi connectivity index (χ1) is 11.5. The number of hydrogen-bond acceptors (Lipinski definition) is 4. The lowest BCUT2D eigenvalue weighted by Crippen LogP contribution is -2.26. The Balaban J connectivity index is 1.59. The summed E-state index contributed by atoms with van der Waals surface area (Å²) in [6, 6.07) is 14.7. The van der Waals surface area contributed by atoms with Crippen molar-refractivity contribution in [3.8, 4) is 0 Å². The Bertz CT molecular complexity index is 1070. The van der Waals surface area contributed by atoms with E-state index in [2.05, 4.69) is 4.72 Å². The quantitative estimate of drug-likeness (QED) is 0.777. The molecule has 5 nitrogen and oxygen atoms in total. The zero-order valence-electron chi connectivity index (χ0n) is 13.0. The lowest BCUT2D eigenvalue weighted by molar-refractivity contribution is 0.580. The fourth-order valence-electron chi connectivity index (χ4n) is 2.94. The minimum Gasteiger partial charge on any atom is -0.302 e. The summed E-state index contributed by atoms with van der Waals surface area (Å²) in [5.41, 5.74) is 1.90. The highest BCUT2D eigenvalue weighted by molar-refractivity contribution is 7.89. The molecule has 7 heteroatoms. The molecule has 1 heterocycles. The van der Waals surface area contributed by atoms with Crippen LogP contribution in [0.5, 0.6) is 0 Å². The Morgan fingerprint density at radius 2 is 1.92 bits per heavy atom. The highest BCUT2D eigenvalue weighted by atomic mass is 32.2. The van der Waals surface area contributed by atoms with Crippen LogP contribution in [-0.4, -0.2) is 19.0 Å². The van der Waals surface area contributed by atoms with Gasteiger partial charge in [-0.3, -0.25) is 4.79 Å². The van der Waals surface area contributed by atoms with Crippen LogP contribution in [0.4, 0.5) is 0 Å². The molecule has 124 valence electrons. The summed E-state index contributed by atoms with van der Waals surface area (Å²) in [4.78, 5) is 11.8. The molecule has 1 aliphatic rings. The number of fused-ring (bicyclic) bond motifs is 1. The van der Waals surface area contributed by atoms with Crippen molar-refractivity contribution in [3.63, 3.8) is 0 Å². The smallest absolute Gasteiger partial charge is 0.302 e. The van der Waals surface area contributed by atoms with Crippen molar-refractivity contribution in [2.75, 3.05) is 0 Å². The van der Waals surface area contributed by atoms with Crippen LogP contribution in [-0.2, 0) is 17.1 Å². The van der Waals surface area contributed by atoms with Gasteiger partial charge < -0.3 is 4.57 Å². The second-order valence-corrected chi connectivity index (χ2v) is 8.74. The van der Waals surface area contributed by atoms with Gasteiger partial charge in [-0.05, 0) is 30.2 Å². The van der Waals surface area contributed by atoms with Gasteiger partial charge in [-0.25, -0.2) is 13.1 Å². The minimum absolute atomic E-state index is 0.0670. The van der Waals surface area contributed by atoms with Gasteiger partial charge in [-0.2, -0.15) is 0 Å². The average molecular weight is 360 g/mol. The Labute approximate surface area is 143 Å². The van der Waals surface area contributed by atoms with Gasteiger partial charge in [-0.1, -0.05) is 41.7 Å². The molecule has 0 radical (unpaired) electrons. The maximum atomic E-state index is 12.6. The van der Waals surface area contributed by atoms with E-state index in [1.54, 1.807) is 25.2 Å². The Kier molecular flexibility index (Phi) is 3.59. The monoisotopic (exact) mass is 360 g/mol. The van der Waals surface area contributed by atoms with E-state index in [1.807, 2.05) is 30.3 Å². The minimum atomic E-state index is -3.59. The van der Waals surface area contributed by atoms with Crippen LogP contribution in [0.1, 0.15) is 17.9 Å². The summed E-state index contributed by atoms with van der Waals surface area (Å²) in [6.45, 7) is 0. The molecule has 0 amide bonds. The Morgan fingerprint density at radius 1 is 1.17 bits per heavy atom. The molecule has 0 saturated heterocycles. The fourth-order valence-corrected chi connectivity index (χ4v) is 5.25. The molecule has 1 aliphatic carbocycles. The van der Waals surface area contributed by atoms with Crippen LogP contribution >= 0.6 is 11.3 Å². The number of thiazole rings is 1. The third-order valence-corrected chi connectivity index (χ3v) is 6.88. The number of sulfonamides is 1. The van der Waals surface area contributed by atoms with Gasteiger partial charge in [0.2, 0.25) is 10.0 Å². The van der Waals surface area contributed by atoms with Crippen molar-refractivity contribution in [2.45, 2.75) is 23.3 Å². The second kappa shape index (κ2) is 5.54. The molecule has 2 atom stereocenters. The van der Waals surface area contributed by atoms with Crippen LogP contribution in [0.3, 0.4) is 0 Å². The Morgan fingerprint density at radius 3 is 2.67 bits per heavy atom. The maximum Gasteiger partial charge on any atom is 0.307 e. The van der Waals surface area contributed by atoms with Crippen molar-refractivity contribution in [3.05, 3.63) is 63.8 Å². The molecule has 1 fully saturated rings. The predicted molar refractivity (Wildman–Crippen MR) is 95.0 cm³/mol. The third kappa shape index (κ3) is 2.68. The van der Waals surface area contributed by atoms with Crippen molar-refractivity contribution in [1.29, 1.82) is 0 Å². The van der Waals surface area contributed by atoms with Crippen molar-refractivity contribution in [1.82, 2.24) is 9.29 Å². The van der Waals surface area contributed by atoms with Crippen LogP contribution in [0.15, 0.2) is 58.2 Å². The summed E-state index contributed by atoms with van der Waals surface area (Å²) in [6.07, 6.45) is 0.810. The lowest BCUT2D eigenvalue weighted by atomic mass is 10.1. The summed E-state index contributed by atoms with van der Waals surface area (Å²) in [5, 5.41) is 0. The highest BCUT2D eigenvalue weighted by Gasteiger charge is 2.41. The topological polar surface area (TPSA) is 68.2 Å². The number of aromatic nitrogens is 1. The molecule has 2 aromatic carbocycles. The van der Waals surface area contributed by atoms with Gasteiger partial charge >= 0.3 is 4.87 Å². The standard InChI is InChI=1S/C17H16N2O3S2/c1-19-15-8-7-12(9-16(15)23-17(19)20)24(21,22)18-14-10-13(14)11-5-3-2-4-6-11/h2-9,13-14,18H,10H2,1H3/t13-,14+/m0/s1. The van der Waals surface area contributed by atoms with Gasteiger partial charge in [0.05, 0.1) is 15.1 Å². The number of benzene rings is 2. The molecular formula is C17H16N2O3S2. The lowest BCUT2D eigenvalue weighted by Gasteiger charge is -2.07. The summed E-state index contributed by atoms with van der Waals surface area (Å²) >= 11 is 1.06. The van der Waals surface area contributed by atoms with Gasteiger partial charge in [0.15, 0.2) is 0 Å². The first-order valence-corrected chi connectivity index (χ1v) is 9.92. The van der Waals surface area contributed by atoms with Crippen LogP contribution < -0.4 is 9.60 Å². The van der Waals surface area contributed by atoms with Crippen LogP contribution in [0.2, 0.25) is 0 Å². The summed E-state index contributed by atoms with van der Waals surface area (Å²) in [7, 11) is -1.90. The predicted octanol–water partition coefficient (Wildman–Crippen LogP) is 2.43. The molecule has 0 spiro atoms. The van der Waals surface area contributed by atoms with Crippen molar-refractivity contribution >= 4 is 31.6 Å². The Hall–Kier alpha value is -1.96. The zero-order chi connectivity index (χ0) is 16.9. The van der Waals surface area contributed by atoms with Crippen molar-refractivity contribution < 1.29 is 8.42 Å². The van der Waals surface area contributed by atoms with Crippen LogP contribution in [0.25, 0.3) is 10.2 Å². The molecule has 0 unspecified atom stereocenters. The fraction of sp³-hybridized carbons (Fsp3) is 0.235. The number of nitrogens with zero attached hydrogens (tertiary/aromatic N) is 1. The number of nitrogens with one attached hydrogen (secondary N) is 1. The molecule has 0 aliphatic heterocycles. The van der Waals surface area contributed by atoms with Crippen molar-refractivity contribution in [2.24, 2.45) is 7.05 Å². The van der Waals surface area contributed by atoms with E-state index in [1.165, 1.54) is 4.57 Å². The third-order valence-electron chi connectivity index (χ3n) is 4.40. The molecule has 24 heavy (non-hydrogen) atoms. The first-order valence-electron chi connectivity index (χ1n) is 7.62. The summed E-state index contributed by atoms with van der Waals surface area (Å²) in [5.74, 6) is 0.234. The molecule has 3 aromatic rings. The zero-order valence-corrected chi connectivity index (χ0v) is 14.6. The van der Waals surface area contributed by atoms with E-state index in [0.29, 0.717) is 4.70 Å². The molecule has 0 bridgehead atoms. The largest absolute Gasteiger partial charge is 0.307 e. The maximum absolute atomic E-state index is 12.6. The van der Waals surface area contributed by atoms with Crippen LogP contribution in [0, 0.1) is 0 Å². The van der Waals surface area contributed by atoms with Gasteiger partial charge in [0.25, 0.3) is 0 Å². The number of hydrogen-bond donors (Lipinski definition) is 1. The summed E-state index contributed by atoms with van der Waals surface area (Å²) < 4.78 is 30.2. The first kappa shape index (κ1) is 15.6. The molecule has 1 N–H and O–H groups in total.